The molecule has 258 valence electrons. The number of aromatic nitrogens is 2. The number of likely N-dealkylation sites (tertiary alicyclic amines) is 2. The van der Waals surface area contributed by atoms with Gasteiger partial charge in [0.25, 0.3) is 0 Å². The number of anilines is 3. The maximum Gasteiger partial charge on any atom is 0.247 e. The summed E-state index contributed by atoms with van der Waals surface area (Å²) in [5.41, 5.74) is 2.79. The van der Waals surface area contributed by atoms with Gasteiger partial charge in [0.15, 0.2) is 0 Å². The van der Waals surface area contributed by atoms with E-state index in [9.17, 15) is 14.4 Å². The first kappa shape index (κ1) is 35.0. The molecule has 2 aliphatic rings. The first-order valence-electron chi connectivity index (χ1n) is 16.9. The highest BCUT2D eigenvalue weighted by atomic mass is 16.5. The quantitative estimate of drug-likeness (QED) is 0.252. The number of benzene rings is 2. The highest BCUT2D eigenvalue weighted by Crippen LogP contribution is 2.35. The van der Waals surface area contributed by atoms with Crippen molar-refractivity contribution in [2.45, 2.75) is 77.4 Å². The molecule has 12 heteroatoms. The highest BCUT2D eigenvalue weighted by Gasteiger charge is 2.42. The van der Waals surface area contributed by atoms with Crippen LogP contribution in [0.15, 0.2) is 42.7 Å². The summed E-state index contributed by atoms with van der Waals surface area (Å²) in [6.45, 7) is 10.1. The number of piperidine rings is 1. The molecule has 3 amide bonds. The maximum atomic E-state index is 13.9. The van der Waals surface area contributed by atoms with Gasteiger partial charge in [0, 0.05) is 23.7 Å². The van der Waals surface area contributed by atoms with E-state index < -0.39 is 23.5 Å². The Bertz CT molecular complexity index is 1610. The van der Waals surface area contributed by atoms with Crippen molar-refractivity contribution in [1.82, 2.24) is 30.4 Å². The maximum absolute atomic E-state index is 13.9. The lowest BCUT2D eigenvalue weighted by atomic mass is 9.85. The average Bonchev–Trinajstić information content (AvgIpc) is 3.57. The minimum atomic E-state index is -0.798. The van der Waals surface area contributed by atoms with E-state index in [1.54, 1.807) is 31.0 Å². The number of ether oxygens (including phenoxy) is 1. The van der Waals surface area contributed by atoms with Crippen LogP contribution in [0.4, 0.5) is 17.2 Å². The van der Waals surface area contributed by atoms with Gasteiger partial charge >= 0.3 is 0 Å². The Balaban J connectivity index is 1.35. The fourth-order valence-electron chi connectivity index (χ4n) is 6.50. The molecule has 2 aliphatic heterocycles. The van der Waals surface area contributed by atoms with Gasteiger partial charge in [0.05, 0.1) is 24.4 Å². The van der Waals surface area contributed by atoms with Crippen molar-refractivity contribution in [3.05, 3.63) is 48.3 Å². The fourth-order valence-corrected chi connectivity index (χ4v) is 6.50. The Morgan fingerprint density at radius 1 is 1.00 bits per heavy atom. The molecule has 12 nitrogen and oxygen atoms in total. The number of likely N-dealkylation sites (N-methyl/N-ethyl adjacent to an activating group) is 1. The summed E-state index contributed by atoms with van der Waals surface area (Å²) < 4.78 is 5.65. The number of carbonyl (C=O) groups excluding carboxylic acids is 3. The lowest BCUT2D eigenvalue weighted by Crippen LogP contribution is -2.59. The number of amides is 3. The number of nitrogens with one attached hydrogen (secondary N) is 4. The van der Waals surface area contributed by atoms with E-state index in [1.807, 2.05) is 20.8 Å². The molecule has 0 radical (unpaired) electrons. The molecule has 0 unspecified atom stereocenters. The smallest absolute Gasteiger partial charge is 0.247 e. The van der Waals surface area contributed by atoms with Crippen molar-refractivity contribution in [2.75, 3.05) is 51.5 Å². The molecule has 2 saturated heterocycles. The Kier molecular flexibility index (Phi) is 10.8. The second-order valence-corrected chi connectivity index (χ2v) is 14.1. The van der Waals surface area contributed by atoms with Gasteiger partial charge in [-0.3, -0.25) is 14.4 Å². The van der Waals surface area contributed by atoms with Gasteiger partial charge in [-0.2, -0.15) is 0 Å². The van der Waals surface area contributed by atoms with Crippen molar-refractivity contribution < 1.29 is 19.1 Å². The minimum absolute atomic E-state index is 0.272. The van der Waals surface area contributed by atoms with Crippen LogP contribution in [-0.4, -0.2) is 96.5 Å². The van der Waals surface area contributed by atoms with E-state index in [-0.39, 0.29) is 17.7 Å². The predicted molar refractivity (Wildman–Crippen MR) is 189 cm³/mol. The zero-order valence-electron chi connectivity index (χ0n) is 29.2. The molecule has 3 aromatic rings. The van der Waals surface area contributed by atoms with Gasteiger partial charge in [-0.25, -0.2) is 9.97 Å². The number of methoxy groups -OCH3 is 1. The summed E-state index contributed by atoms with van der Waals surface area (Å²) in [5, 5.41) is 13.0. The molecule has 3 heterocycles. The molecule has 0 bridgehead atoms. The lowest BCUT2D eigenvalue weighted by Gasteiger charge is -2.36. The average molecular weight is 659 g/mol. The van der Waals surface area contributed by atoms with Crippen LogP contribution in [0.25, 0.3) is 10.9 Å². The fraction of sp³-hybridized carbons (Fsp3) is 0.528. The van der Waals surface area contributed by atoms with Crippen LogP contribution in [0.3, 0.4) is 0 Å². The van der Waals surface area contributed by atoms with Crippen LogP contribution in [0.2, 0.25) is 0 Å². The monoisotopic (exact) mass is 658 g/mol. The zero-order valence-corrected chi connectivity index (χ0v) is 29.2. The number of hydrogen-bond donors (Lipinski definition) is 4. The molecule has 5 rings (SSSR count). The Labute approximate surface area is 283 Å². The number of fused-ring (bicyclic) bond motifs is 1. The van der Waals surface area contributed by atoms with Crippen molar-refractivity contribution in [2.24, 2.45) is 5.41 Å². The van der Waals surface area contributed by atoms with Crippen molar-refractivity contribution >= 4 is 45.8 Å². The lowest BCUT2D eigenvalue weighted by molar-refractivity contribution is -0.143. The standard InChI is InChI=1S/C36H50N8O4/c1-22(37-5)33(45)42-31(36(2,3)4)35(47)44-16-8-9-29(44)34(46)41-28-19-26-27(20-30(28)48-7)38-21-39-32(26)40-25-12-10-23(11-13-25)24-14-17-43(6)18-15-24/h10-13,19-22,24,29,31,37H,8-9,14-18H2,1-7H3,(H,41,46)(H,42,45)(H,38,39,40)/t22-,29-,31+/m0/s1. The topological polar surface area (TPSA) is 141 Å². The summed E-state index contributed by atoms with van der Waals surface area (Å²) in [5.74, 6) is 0.745. The van der Waals surface area contributed by atoms with E-state index in [4.69, 9.17) is 4.74 Å². The van der Waals surface area contributed by atoms with Crippen LogP contribution in [0.5, 0.6) is 5.75 Å². The normalized spacial score (nSPS) is 18.7. The van der Waals surface area contributed by atoms with Crippen molar-refractivity contribution in [3.8, 4) is 5.75 Å². The number of rotatable bonds is 10. The van der Waals surface area contributed by atoms with E-state index in [1.165, 1.54) is 19.0 Å². The highest BCUT2D eigenvalue weighted by molar-refractivity contribution is 6.03. The molecule has 2 fully saturated rings. The Morgan fingerprint density at radius 3 is 2.35 bits per heavy atom. The van der Waals surface area contributed by atoms with Gasteiger partial charge in [0.1, 0.15) is 30.0 Å². The van der Waals surface area contributed by atoms with Gasteiger partial charge in [-0.1, -0.05) is 32.9 Å². The molecule has 4 N–H and O–H groups in total. The molecule has 0 spiro atoms. The zero-order chi connectivity index (χ0) is 34.6. The molecule has 2 aromatic carbocycles. The van der Waals surface area contributed by atoms with Gasteiger partial charge < -0.3 is 35.8 Å². The van der Waals surface area contributed by atoms with Crippen LogP contribution < -0.4 is 26.0 Å². The third-order valence-corrected chi connectivity index (χ3v) is 9.64. The predicted octanol–water partition coefficient (Wildman–Crippen LogP) is 4.26. The Morgan fingerprint density at radius 2 is 1.71 bits per heavy atom. The first-order chi connectivity index (χ1) is 22.9. The van der Waals surface area contributed by atoms with Crippen molar-refractivity contribution in [3.63, 3.8) is 0 Å². The third kappa shape index (κ3) is 7.87. The van der Waals surface area contributed by atoms with E-state index in [0.717, 1.165) is 31.6 Å². The number of hydrogen-bond acceptors (Lipinski definition) is 9. The minimum Gasteiger partial charge on any atom is -0.494 e. The molecule has 1 aromatic heterocycles. The van der Waals surface area contributed by atoms with E-state index >= 15 is 0 Å². The van der Waals surface area contributed by atoms with Gasteiger partial charge in [-0.15, -0.1) is 0 Å². The molecular formula is C36H50N8O4. The van der Waals surface area contributed by atoms with Crippen LogP contribution in [0.1, 0.15) is 64.9 Å². The van der Waals surface area contributed by atoms with E-state index in [2.05, 4.69) is 67.4 Å². The Hall–Kier alpha value is -4.29. The second kappa shape index (κ2) is 14.9. The summed E-state index contributed by atoms with van der Waals surface area (Å²) in [6, 6.07) is 10.1. The van der Waals surface area contributed by atoms with Gasteiger partial charge in [0.2, 0.25) is 17.7 Å². The van der Waals surface area contributed by atoms with Crippen LogP contribution >= 0.6 is 0 Å². The molecule has 3 atom stereocenters. The second-order valence-electron chi connectivity index (χ2n) is 14.1. The van der Waals surface area contributed by atoms with Crippen molar-refractivity contribution in [1.29, 1.82) is 0 Å². The summed E-state index contributed by atoms with van der Waals surface area (Å²) in [7, 11) is 5.40. The number of carbonyl (C=O) groups is 3. The molecular weight excluding hydrogens is 608 g/mol. The SMILES string of the molecule is CN[C@@H](C)C(=O)N[C@H](C(=O)N1CCC[C@H]1C(=O)Nc1cc2c(Nc3ccc(C4CCN(C)CC4)cc3)ncnc2cc1OC)C(C)(C)C. The summed E-state index contributed by atoms with van der Waals surface area (Å²) in [6.07, 6.45) is 5.00. The molecule has 0 saturated carbocycles. The first-order valence-corrected chi connectivity index (χ1v) is 16.9. The van der Waals surface area contributed by atoms with Crippen LogP contribution in [-0.2, 0) is 14.4 Å². The van der Waals surface area contributed by atoms with Crippen LogP contribution in [0, 0.1) is 5.41 Å². The largest absolute Gasteiger partial charge is 0.494 e. The van der Waals surface area contributed by atoms with E-state index in [0.29, 0.717) is 53.5 Å². The molecule has 0 aliphatic carbocycles. The number of nitrogens with zero attached hydrogens (tertiary/aromatic N) is 4. The summed E-state index contributed by atoms with van der Waals surface area (Å²) in [4.78, 5) is 53.4. The third-order valence-electron chi connectivity index (χ3n) is 9.64. The summed E-state index contributed by atoms with van der Waals surface area (Å²) >= 11 is 0. The molecule has 48 heavy (non-hydrogen) atoms. The van der Waals surface area contributed by atoms with Gasteiger partial charge in [-0.05, 0) is 94.9 Å².